The summed E-state index contributed by atoms with van der Waals surface area (Å²) in [5.74, 6) is -2.44. The van der Waals surface area contributed by atoms with Crippen molar-refractivity contribution in [1.82, 2.24) is 19.5 Å². The first-order valence-corrected chi connectivity index (χ1v) is 10.1. The van der Waals surface area contributed by atoms with Gasteiger partial charge in [0.1, 0.15) is 23.3 Å². The van der Waals surface area contributed by atoms with E-state index in [9.17, 15) is 19.2 Å². The highest BCUT2D eigenvalue weighted by Crippen LogP contribution is 2.28. The molecule has 1 aliphatic heterocycles. The predicted molar refractivity (Wildman–Crippen MR) is 105 cm³/mol. The molecule has 11 nitrogen and oxygen atoms in total. The topological polar surface area (TPSA) is 129 Å². The molecule has 0 aromatic carbocycles. The van der Waals surface area contributed by atoms with Gasteiger partial charge in [0.15, 0.2) is 5.65 Å². The largest absolute Gasteiger partial charge is 0.464 e. The molecule has 11 heteroatoms. The third kappa shape index (κ3) is 4.21. The quantitative estimate of drug-likeness (QED) is 0.465. The van der Waals surface area contributed by atoms with Crippen molar-refractivity contribution < 1.29 is 33.4 Å². The van der Waals surface area contributed by atoms with Crippen molar-refractivity contribution in [2.24, 2.45) is 0 Å². The van der Waals surface area contributed by atoms with Gasteiger partial charge >= 0.3 is 17.9 Å². The zero-order valence-electron chi connectivity index (χ0n) is 17.6. The summed E-state index contributed by atoms with van der Waals surface area (Å²) in [5.41, 5.74) is 0.261. The van der Waals surface area contributed by atoms with Crippen molar-refractivity contribution in [2.75, 3.05) is 19.8 Å². The molecule has 1 fully saturated rings. The Labute approximate surface area is 178 Å². The van der Waals surface area contributed by atoms with E-state index in [4.69, 9.17) is 14.2 Å². The summed E-state index contributed by atoms with van der Waals surface area (Å²) in [6, 6.07) is -0.477. The smallest absolute Gasteiger partial charge is 0.343 e. The standard InChI is InChI=1S/C20H24N4O7/c1-4-29-18(26)12-11-22-24-13(9-10-21-16(12)24)17(25)23-14(19(27)30-5-2)7-8-15(23)20(28)31-6-3/h9-11,14-15H,4-8H2,1-3H3/t14-,15+. The molecule has 0 radical (unpaired) electrons. The van der Waals surface area contributed by atoms with E-state index in [1.165, 1.54) is 27.9 Å². The van der Waals surface area contributed by atoms with E-state index in [0.29, 0.717) is 0 Å². The first kappa shape index (κ1) is 22.2. The molecule has 1 saturated heterocycles. The van der Waals surface area contributed by atoms with Crippen molar-refractivity contribution in [3.05, 3.63) is 29.7 Å². The summed E-state index contributed by atoms with van der Waals surface area (Å²) in [7, 11) is 0. The maximum absolute atomic E-state index is 13.5. The monoisotopic (exact) mass is 432 g/mol. The van der Waals surface area contributed by atoms with Crippen molar-refractivity contribution in [3.8, 4) is 0 Å². The number of esters is 3. The van der Waals surface area contributed by atoms with Gasteiger partial charge in [-0.3, -0.25) is 4.79 Å². The fourth-order valence-corrected chi connectivity index (χ4v) is 3.57. The summed E-state index contributed by atoms with van der Waals surface area (Å²) < 4.78 is 16.4. The molecule has 0 bridgehead atoms. The number of amides is 1. The SMILES string of the molecule is CCOC(=O)c1cnn2c(C(=O)N3[C@@H](C(=O)OCC)CC[C@H]3C(=O)OCC)ccnc12. The maximum atomic E-state index is 13.5. The van der Waals surface area contributed by atoms with Gasteiger partial charge in [0.25, 0.3) is 5.91 Å². The van der Waals surface area contributed by atoms with Crippen LogP contribution in [0.2, 0.25) is 0 Å². The lowest BCUT2D eigenvalue weighted by atomic mass is 10.2. The Bertz CT molecular complexity index is 977. The van der Waals surface area contributed by atoms with Gasteiger partial charge in [0.05, 0.1) is 26.0 Å². The van der Waals surface area contributed by atoms with Crippen LogP contribution in [0, 0.1) is 0 Å². The molecule has 0 spiro atoms. The van der Waals surface area contributed by atoms with Gasteiger partial charge in [-0.05, 0) is 39.7 Å². The Hall–Kier alpha value is -3.50. The van der Waals surface area contributed by atoms with Gasteiger partial charge in [-0.25, -0.2) is 23.9 Å². The van der Waals surface area contributed by atoms with Gasteiger partial charge in [0, 0.05) is 6.20 Å². The van der Waals surface area contributed by atoms with E-state index >= 15 is 0 Å². The molecular formula is C20H24N4O7. The van der Waals surface area contributed by atoms with E-state index in [1.807, 2.05) is 0 Å². The highest BCUT2D eigenvalue weighted by Gasteiger charge is 2.46. The first-order chi connectivity index (χ1) is 14.9. The highest BCUT2D eigenvalue weighted by atomic mass is 16.5. The minimum absolute atomic E-state index is 0.0334. The molecule has 2 atom stereocenters. The van der Waals surface area contributed by atoms with Crippen LogP contribution in [0.1, 0.15) is 54.5 Å². The van der Waals surface area contributed by atoms with Gasteiger partial charge in [-0.15, -0.1) is 0 Å². The minimum atomic E-state index is -0.940. The summed E-state index contributed by atoms with van der Waals surface area (Å²) in [6.45, 7) is 5.45. The fraction of sp³-hybridized carbons (Fsp3) is 0.500. The summed E-state index contributed by atoms with van der Waals surface area (Å²) >= 11 is 0. The Kier molecular flexibility index (Phi) is 6.83. The molecule has 166 valence electrons. The number of hydrogen-bond donors (Lipinski definition) is 0. The molecule has 31 heavy (non-hydrogen) atoms. The Balaban J connectivity index is 2.02. The molecule has 0 aliphatic carbocycles. The van der Waals surface area contributed by atoms with Crippen LogP contribution in [0.5, 0.6) is 0 Å². The van der Waals surface area contributed by atoms with Gasteiger partial charge in [-0.2, -0.15) is 5.10 Å². The summed E-state index contributed by atoms with van der Waals surface area (Å²) in [4.78, 5) is 55.9. The minimum Gasteiger partial charge on any atom is -0.464 e. The number of fused-ring (bicyclic) bond motifs is 1. The van der Waals surface area contributed by atoms with Crippen LogP contribution in [-0.2, 0) is 23.8 Å². The zero-order valence-corrected chi connectivity index (χ0v) is 17.6. The number of ether oxygens (including phenoxy) is 3. The fourth-order valence-electron chi connectivity index (χ4n) is 3.57. The molecule has 1 amide bonds. The second kappa shape index (κ2) is 9.54. The van der Waals surface area contributed by atoms with Crippen LogP contribution in [0.25, 0.3) is 5.65 Å². The van der Waals surface area contributed by atoms with Crippen LogP contribution in [0.3, 0.4) is 0 Å². The van der Waals surface area contributed by atoms with Crippen molar-refractivity contribution >= 4 is 29.5 Å². The second-order valence-electron chi connectivity index (χ2n) is 6.67. The Morgan fingerprint density at radius 1 is 0.968 bits per heavy atom. The van der Waals surface area contributed by atoms with Crippen LogP contribution < -0.4 is 0 Å². The number of rotatable bonds is 7. The van der Waals surface area contributed by atoms with Crippen LogP contribution in [0.15, 0.2) is 18.5 Å². The van der Waals surface area contributed by atoms with E-state index in [1.54, 1.807) is 20.8 Å². The van der Waals surface area contributed by atoms with Crippen LogP contribution in [-0.4, -0.2) is 75.2 Å². The third-order valence-corrected chi connectivity index (χ3v) is 4.85. The summed E-state index contributed by atoms with van der Waals surface area (Å²) in [6.07, 6.45) is 3.12. The third-order valence-electron chi connectivity index (χ3n) is 4.85. The molecule has 0 unspecified atom stereocenters. The van der Waals surface area contributed by atoms with E-state index < -0.39 is 35.9 Å². The molecule has 0 saturated carbocycles. The van der Waals surface area contributed by atoms with Gasteiger partial charge in [0.2, 0.25) is 0 Å². The molecule has 3 rings (SSSR count). The highest BCUT2D eigenvalue weighted by molar-refractivity contribution is 6.00. The maximum Gasteiger partial charge on any atom is 0.343 e. The van der Waals surface area contributed by atoms with E-state index in [2.05, 4.69) is 10.1 Å². The van der Waals surface area contributed by atoms with Crippen molar-refractivity contribution in [2.45, 2.75) is 45.7 Å². The molecule has 2 aromatic heterocycles. The number of likely N-dealkylation sites (tertiary alicyclic amines) is 1. The molecule has 1 aliphatic rings. The predicted octanol–water partition coefficient (Wildman–Crippen LogP) is 1.01. The average Bonchev–Trinajstić information content (AvgIpc) is 3.38. The number of nitrogens with zero attached hydrogens (tertiary/aromatic N) is 4. The Morgan fingerprint density at radius 3 is 2.10 bits per heavy atom. The first-order valence-electron chi connectivity index (χ1n) is 10.1. The molecular weight excluding hydrogens is 408 g/mol. The molecule has 0 N–H and O–H groups in total. The van der Waals surface area contributed by atoms with Crippen molar-refractivity contribution in [3.63, 3.8) is 0 Å². The van der Waals surface area contributed by atoms with E-state index in [-0.39, 0.29) is 49.6 Å². The zero-order chi connectivity index (χ0) is 22.5. The normalized spacial score (nSPS) is 18.1. The number of hydrogen-bond acceptors (Lipinski definition) is 9. The molecule has 2 aromatic rings. The summed E-state index contributed by atoms with van der Waals surface area (Å²) in [5, 5.41) is 4.10. The number of carbonyl (C=O) groups is 4. The van der Waals surface area contributed by atoms with E-state index in [0.717, 1.165) is 0 Å². The second-order valence-corrected chi connectivity index (χ2v) is 6.67. The average molecular weight is 432 g/mol. The van der Waals surface area contributed by atoms with Crippen molar-refractivity contribution in [1.29, 1.82) is 0 Å². The van der Waals surface area contributed by atoms with Gasteiger partial charge < -0.3 is 19.1 Å². The lowest BCUT2D eigenvalue weighted by molar-refractivity contribution is -0.151. The number of carbonyl (C=O) groups excluding carboxylic acids is 4. The Morgan fingerprint density at radius 2 is 1.55 bits per heavy atom. The lowest BCUT2D eigenvalue weighted by Crippen LogP contribution is -2.49. The number of aromatic nitrogens is 3. The van der Waals surface area contributed by atoms with Crippen LogP contribution in [0.4, 0.5) is 0 Å². The lowest BCUT2D eigenvalue weighted by Gasteiger charge is -2.28. The van der Waals surface area contributed by atoms with Crippen LogP contribution >= 0.6 is 0 Å². The van der Waals surface area contributed by atoms with Gasteiger partial charge in [-0.1, -0.05) is 0 Å². The molecule has 3 heterocycles.